The van der Waals surface area contributed by atoms with Gasteiger partial charge in [0.15, 0.2) is 0 Å². The van der Waals surface area contributed by atoms with E-state index in [0.29, 0.717) is 0 Å². The molecule has 0 saturated carbocycles. The van der Waals surface area contributed by atoms with Crippen LogP contribution in [0.3, 0.4) is 0 Å². The van der Waals surface area contributed by atoms with Crippen LogP contribution in [0.15, 0.2) is 24.3 Å². The van der Waals surface area contributed by atoms with Crippen LogP contribution in [0.1, 0.15) is 17.2 Å². The Balaban J connectivity index is 2.10. The van der Waals surface area contributed by atoms with E-state index in [1.165, 1.54) is 11.1 Å². The zero-order valence-electron chi connectivity index (χ0n) is 11.3. The number of nitrogens with one attached hydrogen (secondary N) is 1. The summed E-state index contributed by atoms with van der Waals surface area (Å²) < 4.78 is 0. The highest BCUT2D eigenvalue weighted by Crippen LogP contribution is 2.27. The summed E-state index contributed by atoms with van der Waals surface area (Å²) in [6, 6.07) is 8.73. The molecule has 0 spiro atoms. The van der Waals surface area contributed by atoms with E-state index in [-0.39, 0.29) is 12.1 Å². The number of likely N-dealkylation sites (N-methyl/N-ethyl adjacent to an activating group) is 2. The quantitative estimate of drug-likeness (QED) is 0.877. The summed E-state index contributed by atoms with van der Waals surface area (Å²) in [7, 11) is 3.79. The topological polar surface area (TPSA) is 35.6 Å². The fourth-order valence-electron chi connectivity index (χ4n) is 2.32. The third-order valence-corrected chi connectivity index (χ3v) is 3.53. The van der Waals surface area contributed by atoms with Gasteiger partial charge in [-0.2, -0.15) is 0 Å². The van der Waals surface area contributed by atoms with Crippen molar-refractivity contribution in [2.24, 2.45) is 0 Å². The first-order valence-corrected chi connectivity index (χ1v) is 6.36. The average molecular weight is 247 g/mol. The molecule has 1 heterocycles. The van der Waals surface area contributed by atoms with Crippen LogP contribution in [-0.4, -0.2) is 49.6 Å². The first-order chi connectivity index (χ1) is 8.63. The summed E-state index contributed by atoms with van der Waals surface area (Å²) in [6.45, 7) is 4.45. The predicted molar refractivity (Wildman–Crippen MR) is 72.6 cm³/mol. The standard InChI is InChI=1S/C14H21N3O/c1-11-4-6-12(7-5-11)13-10-17(9-8-15-2)14(18)16(13)3/h4-7,13,15H,8-10H2,1-3H3. The second-order valence-corrected chi connectivity index (χ2v) is 4.87. The minimum atomic E-state index is 0.121. The number of benzene rings is 1. The molecule has 1 aromatic rings. The highest BCUT2D eigenvalue weighted by molar-refractivity contribution is 5.77. The molecule has 1 unspecified atom stereocenters. The van der Waals surface area contributed by atoms with E-state index in [9.17, 15) is 4.79 Å². The van der Waals surface area contributed by atoms with Gasteiger partial charge in [0.05, 0.1) is 6.04 Å². The maximum atomic E-state index is 12.1. The Morgan fingerprint density at radius 3 is 2.61 bits per heavy atom. The third kappa shape index (κ3) is 2.48. The van der Waals surface area contributed by atoms with Crippen molar-refractivity contribution in [3.05, 3.63) is 35.4 Å². The fraction of sp³-hybridized carbons (Fsp3) is 0.500. The number of amides is 2. The first-order valence-electron chi connectivity index (χ1n) is 6.36. The third-order valence-electron chi connectivity index (χ3n) is 3.53. The molecule has 1 N–H and O–H groups in total. The van der Waals surface area contributed by atoms with Crippen molar-refractivity contribution in [1.82, 2.24) is 15.1 Å². The van der Waals surface area contributed by atoms with Crippen molar-refractivity contribution in [3.8, 4) is 0 Å². The smallest absolute Gasteiger partial charge is 0.320 e. The molecule has 2 rings (SSSR count). The summed E-state index contributed by atoms with van der Waals surface area (Å²) >= 11 is 0. The monoisotopic (exact) mass is 247 g/mol. The summed E-state index contributed by atoms with van der Waals surface area (Å²) in [5, 5.41) is 3.08. The second-order valence-electron chi connectivity index (χ2n) is 4.87. The molecule has 2 amide bonds. The van der Waals surface area contributed by atoms with E-state index in [4.69, 9.17) is 0 Å². The van der Waals surface area contributed by atoms with Crippen molar-refractivity contribution in [1.29, 1.82) is 0 Å². The van der Waals surface area contributed by atoms with E-state index in [0.717, 1.165) is 19.6 Å². The molecule has 0 aromatic heterocycles. The highest BCUT2D eigenvalue weighted by Gasteiger charge is 2.34. The molecule has 1 saturated heterocycles. The Kier molecular flexibility index (Phi) is 3.87. The lowest BCUT2D eigenvalue weighted by Crippen LogP contribution is -2.34. The molecule has 4 nitrogen and oxygen atoms in total. The molecule has 1 aromatic carbocycles. The SMILES string of the molecule is CNCCN1CC(c2ccc(C)cc2)N(C)C1=O. The summed E-state index contributed by atoms with van der Waals surface area (Å²) in [6.07, 6.45) is 0. The molecule has 1 aliphatic heterocycles. The zero-order chi connectivity index (χ0) is 13.1. The number of urea groups is 1. The van der Waals surface area contributed by atoms with Crippen LogP contribution in [0.2, 0.25) is 0 Å². The predicted octanol–water partition coefficient (Wildman–Crippen LogP) is 1.62. The average Bonchev–Trinajstić information content (AvgIpc) is 2.65. The molecular weight excluding hydrogens is 226 g/mol. The molecule has 1 aliphatic rings. The Morgan fingerprint density at radius 2 is 2.00 bits per heavy atom. The second kappa shape index (κ2) is 5.40. The lowest BCUT2D eigenvalue weighted by atomic mass is 10.1. The van der Waals surface area contributed by atoms with Gasteiger partial charge < -0.3 is 15.1 Å². The number of hydrogen-bond acceptors (Lipinski definition) is 2. The Hall–Kier alpha value is -1.55. The molecule has 4 heteroatoms. The first kappa shape index (κ1) is 12.9. The fourth-order valence-corrected chi connectivity index (χ4v) is 2.32. The largest absolute Gasteiger partial charge is 0.321 e. The van der Waals surface area contributed by atoms with Crippen molar-refractivity contribution in [2.75, 3.05) is 33.7 Å². The molecular formula is C14H21N3O. The van der Waals surface area contributed by atoms with Gasteiger partial charge in [0.25, 0.3) is 0 Å². The van der Waals surface area contributed by atoms with Crippen LogP contribution < -0.4 is 5.32 Å². The number of hydrogen-bond donors (Lipinski definition) is 1. The van der Waals surface area contributed by atoms with Gasteiger partial charge in [0.2, 0.25) is 0 Å². The van der Waals surface area contributed by atoms with E-state index >= 15 is 0 Å². The minimum absolute atomic E-state index is 0.121. The Labute approximate surface area is 109 Å². The van der Waals surface area contributed by atoms with Crippen molar-refractivity contribution in [2.45, 2.75) is 13.0 Å². The summed E-state index contributed by atoms with van der Waals surface area (Å²) in [5.41, 5.74) is 2.46. The summed E-state index contributed by atoms with van der Waals surface area (Å²) in [4.78, 5) is 15.8. The van der Waals surface area contributed by atoms with E-state index in [1.54, 1.807) is 0 Å². The molecule has 0 radical (unpaired) electrons. The molecule has 0 aliphatic carbocycles. The van der Waals surface area contributed by atoms with E-state index in [2.05, 4.69) is 36.5 Å². The van der Waals surface area contributed by atoms with Gasteiger partial charge in [-0.3, -0.25) is 0 Å². The van der Waals surface area contributed by atoms with Crippen LogP contribution in [0.4, 0.5) is 4.79 Å². The number of aryl methyl sites for hydroxylation is 1. The van der Waals surface area contributed by atoms with Crippen LogP contribution in [0.5, 0.6) is 0 Å². The number of rotatable bonds is 4. The van der Waals surface area contributed by atoms with Gasteiger partial charge in [-0.05, 0) is 19.5 Å². The van der Waals surface area contributed by atoms with E-state index in [1.807, 2.05) is 23.9 Å². The van der Waals surface area contributed by atoms with Gasteiger partial charge in [-0.1, -0.05) is 29.8 Å². The van der Waals surface area contributed by atoms with Gasteiger partial charge >= 0.3 is 6.03 Å². The lowest BCUT2D eigenvalue weighted by molar-refractivity contribution is 0.196. The maximum absolute atomic E-state index is 12.1. The van der Waals surface area contributed by atoms with Gasteiger partial charge in [0.1, 0.15) is 0 Å². The molecule has 0 bridgehead atoms. The normalized spacial score (nSPS) is 19.7. The zero-order valence-corrected chi connectivity index (χ0v) is 11.3. The van der Waals surface area contributed by atoms with Crippen LogP contribution in [0, 0.1) is 6.92 Å². The molecule has 18 heavy (non-hydrogen) atoms. The van der Waals surface area contributed by atoms with Gasteiger partial charge in [-0.15, -0.1) is 0 Å². The minimum Gasteiger partial charge on any atom is -0.321 e. The Bertz CT molecular complexity index is 416. The van der Waals surface area contributed by atoms with Gasteiger partial charge in [-0.25, -0.2) is 4.79 Å². The molecule has 1 fully saturated rings. The number of carbonyl (C=O) groups is 1. The van der Waals surface area contributed by atoms with Crippen LogP contribution in [0.25, 0.3) is 0 Å². The molecule has 98 valence electrons. The summed E-state index contributed by atoms with van der Waals surface area (Å²) in [5.74, 6) is 0. The number of carbonyl (C=O) groups excluding carboxylic acids is 1. The highest BCUT2D eigenvalue weighted by atomic mass is 16.2. The van der Waals surface area contributed by atoms with Gasteiger partial charge in [0, 0.05) is 26.7 Å². The van der Waals surface area contributed by atoms with Crippen molar-refractivity contribution in [3.63, 3.8) is 0 Å². The van der Waals surface area contributed by atoms with Crippen LogP contribution >= 0.6 is 0 Å². The number of nitrogens with zero attached hydrogens (tertiary/aromatic N) is 2. The van der Waals surface area contributed by atoms with Crippen molar-refractivity contribution < 1.29 is 4.79 Å². The molecule has 1 atom stereocenters. The van der Waals surface area contributed by atoms with E-state index < -0.39 is 0 Å². The van der Waals surface area contributed by atoms with Crippen LogP contribution in [-0.2, 0) is 0 Å². The Morgan fingerprint density at radius 1 is 1.33 bits per heavy atom. The van der Waals surface area contributed by atoms with Crippen molar-refractivity contribution >= 4 is 6.03 Å². The maximum Gasteiger partial charge on any atom is 0.320 e. The lowest BCUT2D eigenvalue weighted by Gasteiger charge is -2.18.